The van der Waals surface area contributed by atoms with Crippen LogP contribution in [0.1, 0.15) is 5.56 Å². The minimum atomic E-state index is -0.355. The van der Waals surface area contributed by atoms with Gasteiger partial charge in [0, 0.05) is 29.6 Å². The lowest BCUT2D eigenvalue weighted by Crippen LogP contribution is -2.19. The zero-order valence-electron chi connectivity index (χ0n) is 14.2. The molecule has 124 valence electrons. The molecule has 0 saturated carbocycles. The fourth-order valence-electron chi connectivity index (χ4n) is 2.68. The average molecular weight is 323 g/mol. The van der Waals surface area contributed by atoms with Crippen molar-refractivity contribution in [1.82, 2.24) is 4.90 Å². The van der Waals surface area contributed by atoms with Gasteiger partial charge in [0.25, 0.3) is 0 Å². The molecule has 0 unspecified atom stereocenters. The summed E-state index contributed by atoms with van der Waals surface area (Å²) in [6.07, 6.45) is 0. The Morgan fingerprint density at radius 3 is 2.58 bits per heavy atom. The number of rotatable bonds is 5. The highest BCUT2D eigenvalue weighted by Crippen LogP contribution is 2.31. The van der Waals surface area contributed by atoms with Crippen molar-refractivity contribution in [2.24, 2.45) is 0 Å². The third kappa shape index (κ3) is 3.49. The van der Waals surface area contributed by atoms with Crippen LogP contribution in [0, 0.1) is 6.92 Å². The number of nitrogens with zero attached hydrogens (tertiary/aromatic N) is 1. The van der Waals surface area contributed by atoms with Gasteiger partial charge in [0.2, 0.25) is 0 Å². The van der Waals surface area contributed by atoms with Crippen molar-refractivity contribution in [1.29, 1.82) is 0 Å². The monoisotopic (exact) mass is 323 g/mol. The van der Waals surface area contributed by atoms with Crippen LogP contribution in [-0.2, 0) is 0 Å². The number of hydrogen-bond acceptors (Lipinski definition) is 4. The number of fused-ring (bicyclic) bond motifs is 1. The molecule has 0 amide bonds. The Hall–Kier alpha value is -2.59. The molecule has 2 aromatic carbocycles. The zero-order chi connectivity index (χ0) is 17.1. The third-order valence-corrected chi connectivity index (χ3v) is 3.96. The van der Waals surface area contributed by atoms with Crippen LogP contribution in [0.15, 0.2) is 57.7 Å². The largest absolute Gasteiger partial charge is 0.492 e. The molecule has 0 saturated heterocycles. The number of ether oxygens (including phenoxy) is 1. The van der Waals surface area contributed by atoms with Crippen LogP contribution >= 0.6 is 0 Å². The first-order valence-corrected chi connectivity index (χ1v) is 7.96. The Kier molecular flexibility index (Phi) is 4.67. The van der Waals surface area contributed by atoms with Crippen LogP contribution in [0.3, 0.4) is 0 Å². The van der Waals surface area contributed by atoms with E-state index in [9.17, 15) is 4.79 Å². The van der Waals surface area contributed by atoms with E-state index in [4.69, 9.17) is 9.15 Å². The lowest BCUT2D eigenvalue weighted by Gasteiger charge is -2.12. The fraction of sp³-hybridized carbons (Fsp3) is 0.250. The van der Waals surface area contributed by atoms with E-state index >= 15 is 0 Å². The van der Waals surface area contributed by atoms with Gasteiger partial charge < -0.3 is 14.1 Å². The number of likely N-dealkylation sites (N-methyl/N-ethyl adjacent to an activating group) is 1. The molecule has 24 heavy (non-hydrogen) atoms. The van der Waals surface area contributed by atoms with Gasteiger partial charge in [-0.05, 0) is 44.3 Å². The summed E-state index contributed by atoms with van der Waals surface area (Å²) in [6.45, 7) is 3.44. The van der Waals surface area contributed by atoms with E-state index in [0.717, 1.165) is 28.6 Å². The molecule has 0 N–H and O–H groups in total. The zero-order valence-corrected chi connectivity index (χ0v) is 14.2. The normalized spacial score (nSPS) is 11.2. The van der Waals surface area contributed by atoms with Crippen LogP contribution in [0.4, 0.5) is 0 Å². The summed E-state index contributed by atoms with van der Waals surface area (Å²) in [7, 11) is 3.99. The number of hydrogen-bond donors (Lipinski definition) is 0. The Bertz CT molecular complexity index is 912. The van der Waals surface area contributed by atoms with Gasteiger partial charge in [-0.15, -0.1) is 0 Å². The van der Waals surface area contributed by atoms with Gasteiger partial charge >= 0.3 is 5.63 Å². The van der Waals surface area contributed by atoms with Crippen LogP contribution < -0.4 is 10.4 Å². The van der Waals surface area contributed by atoms with Crippen LogP contribution in [0.5, 0.6) is 5.75 Å². The summed E-state index contributed by atoms with van der Waals surface area (Å²) >= 11 is 0. The van der Waals surface area contributed by atoms with E-state index in [1.54, 1.807) is 12.1 Å². The highest BCUT2D eigenvalue weighted by Gasteiger charge is 2.10. The van der Waals surface area contributed by atoms with E-state index in [1.807, 2.05) is 57.4 Å². The smallest absolute Gasteiger partial charge is 0.336 e. The van der Waals surface area contributed by atoms with Gasteiger partial charge in [0.15, 0.2) is 0 Å². The summed E-state index contributed by atoms with van der Waals surface area (Å²) < 4.78 is 11.1. The Morgan fingerprint density at radius 2 is 1.83 bits per heavy atom. The van der Waals surface area contributed by atoms with Crippen molar-refractivity contribution < 1.29 is 9.15 Å². The highest BCUT2D eigenvalue weighted by atomic mass is 16.5. The van der Waals surface area contributed by atoms with E-state index in [0.29, 0.717) is 17.9 Å². The maximum atomic E-state index is 12.0. The van der Waals surface area contributed by atoms with Gasteiger partial charge in [0.05, 0.1) is 0 Å². The topological polar surface area (TPSA) is 42.7 Å². The Morgan fingerprint density at radius 1 is 1.04 bits per heavy atom. The first kappa shape index (κ1) is 16.3. The van der Waals surface area contributed by atoms with Gasteiger partial charge in [-0.3, -0.25) is 0 Å². The van der Waals surface area contributed by atoms with Gasteiger partial charge in [-0.1, -0.05) is 24.3 Å². The lowest BCUT2D eigenvalue weighted by atomic mass is 9.98. The van der Waals surface area contributed by atoms with Crippen molar-refractivity contribution in [3.63, 3.8) is 0 Å². The molecular formula is C20H21NO3. The van der Waals surface area contributed by atoms with Gasteiger partial charge in [-0.2, -0.15) is 0 Å². The third-order valence-electron chi connectivity index (χ3n) is 3.96. The Labute approximate surface area is 141 Å². The minimum absolute atomic E-state index is 0.355. The molecule has 3 aromatic rings. The molecule has 1 aromatic heterocycles. The SMILES string of the molecule is Cc1ccccc1-c1cc(=O)oc2cc(OCCN(C)C)ccc12. The molecular weight excluding hydrogens is 302 g/mol. The predicted molar refractivity (Wildman–Crippen MR) is 96.7 cm³/mol. The second-order valence-electron chi connectivity index (χ2n) is 6.10. The lowest BCUT2D eigenvalue weighted by molar-refractivity contribution is 0.261. The highest BCUT2D eigenvalue weighted by molar-refractivity contribution is 5.94. The van der Waals surface area contributed by atoms with Gasteiger partial charge in [0.1, 0.15) is 17.9 Å². The first-order valence-electron chi connectivity index (χ1n) is 7.96. The van der Waals surface area contributed by atoms with Crippen molar-refractivity contribution >= 4 is 11.0 Å². The summed E-state index contributed by atoms with van der Waals surface area (Å²) in [6, 6.07) is 15.2. The van der Waals surface area contributed by atoms with E-state index < -0.39 is 0 Å². The van der Waals surface area contributed by atoms with Crippen LogP contribution in [0.2, 0.25) is 0 Å². The molecule has 0 aliphatic rings. The maximum absolute atomic E-state index is 12.0. The molecule has 0 aliphatic heterocycles. The second kappa shape index (κ2) is 6.89. The van der Waals surface area contributed by atoms with E-state index in [2.05, 4.69) is 4.90 Å². The number of benzene rings is 2. The molecule has 3 rings (SSSR count). The number of aryl methyl sites for hydroxylation is 1. The summed E-state index contributed by atoms with van der Waals surface area (Å²) in [5, 5.41) is 0.906. The quantitative estimate of drug-likeness (QED) is 0.671. The minimum Gasteiger partial charge on any atom is -0.492 e. The van der Waals surface area contributed by atoms with Crippen molar-refractivity contribution in [2.75, 3.05) is 27.2 Å². The summed E-state index contributed by atoms with van der Waals surface area (Å²) in [5.41, 5.74) is 3.24. The van der Waals surface area contributed by atoms with Crippen molar-refractivity contribution in [2.45, 2.75) is 6.92 Å². The molecule has 1 heterocycles. The predicted octanol–water partition coefficient (Wildman–Crippen LogP) is 3.71. The maximum Gasteiger partial charge on any atom is 0.336 e. The molecule has 0 bridgehead atoms. The molecule has 4 nitrogen and oxygen atoms in total. The second-order valence-corrected chi connectivity index (χ2v) is 6.10. The van der Waals surface area contributed by atoms with E-state index in [1.165, 1.54) is 0 Å². The Balaban J connectivity index is 2.03. The molecule has 0 fully saturated rings. The standard InChI is InChI=1S/C20H21NO3/c1-14-6-4-5-7-16(14)18-13-20(22)24-19-12-15(8-9-17(18)19)23-11-10-21(2)3/h4-9,12-13H,10-11H2,1-3H3. The van der Waals surface area contributed by atoms with Crippen molar-refractivity contribution in [3.05, 3.63) is 64.5 Å². The first-order chi connectivity index (χ1) is 11.5. The molecule has 0 radical (unpaired) electrons. The average Bonchev–Trinajstić information content (AvgIpc) is 2.54. The van der Waals surface area contributed by atoms with Crippen molar-refractivity contribution in [3.8, 4) is 16.9 Å². The molecule has 4 heteroatoms. The summed E-state index contributed by atoms with van der Waals surface area (Å²) in [5.74, 6) is 0.703. The summed E-state index contributed by atoms with van der Waals surface area (Å²) in [4.78, 5) is 14.0. The molecule has 0 spiro atoms. The fourth-order valence-corrected chi connectivity index (χ4v) is 2.68. The van der Waals surface area contributed by atoms with Gasteiger partial charge in [-0.25, -0.2) is 4.79 Å². The van der Waals surface area contributed by atoms with E-state index in [-0.39, 0.29) is 5.63 Å². The van der Waals surface area contributed by atoms with Crippen LogP contribution in [-0.4, -0.2) is 32.1 Å². The molecule has 0 aliphatic carbocycles. The molecule has 0 atom stereocenters. The van der Waals surface area contributed by atoms with Crippen LogP contribution in [0.25, 0.3) is 22.1 Å².